The molecule has 8 nitrogen and oxygen atoms in total. The Morgan fingerprint density at radius 1 is 1.03 bits per heavy atom. The van der Waals surface area contributed by atoms with Crippen molar-refractivity contribution in [1.29, 1.82) is 5.26 Å². The number of fused-ring (bicyclic) bond motifs is 2. The number of nitrogens with zero attached hydrogens (tertiary/aromatic N) is 4. The molecule has 1 saturated heterocycles. The smallest absolute Gasteiger partial charge is 0.246 e. The van der Waals surface area contributed by atoms with Crippen molar-refractivity contribution >= 4 is 11.1 Å². The summed E-state index contributed by atoms with van der Waals surface area (Å²) in [7, 11) is 0. The van der Waals surface area contributed by atoms with Crippen molar-refractivity contribution in [2.45, 2.75) is 32.7 Å². The minimum atomic E-state index is -0.0161. The largest absolute Gasteiger partial charge is 0.486 e. The number of likely N-dealkylation sites (tertiary alicyclic amines) is 1. The summed E-state index contributed by atoms with van der Waals surface area (Å²) in [5, 5.41) is 9.08. The first kappa shape index (κ1) is 23.3. The lowest BCUT2D eigenvalue weighted by molar-refractivity contribution is 0.171. The van der Waals surface area contributed by atoms with Crippen molar-refractivity contribution in [2.75, 3.05) is 32.9 Å². The van der Waals surface area contributed by atoms with Gasteiger partial charge in [-0.25, -0.2) is 4.98 Å². The number of aromatic nitrogens is 2. The lowest BCUT2D eigenvalue weighted by Gasteiger charge is -2.27. The van der Waals surface area contributed by atoms with Crippen molar-refractivity contribution in [3.05, 3.63) is 53.7 Å². The SMILES string of the molecule is Cc1c(-c2ccc3c(c2)OCCO3)ccnc1-c1nc2cc(CN3CCCCC3)c(OCC#N)cc2o1. The number of pyridine rings is 1. The fourth-order valence-electron chi connectivity index (χ4n) is 5.10. The molecule has 0 N–H and O–H groups in total. The van der Waals surface area contributed by atoms with Crippen molar-refractivity contribution in [1.82, 2.24) is 14.9 Å². The third-order valence-electron chi connectivity index (χ3n) is 6.97. The molecule has 0 atom stereocenters. The number of piperidine rings is 1. The third-order valence-corrected chi connectivity index (χ3v) is 6.97. The molecule has 0 spiro atoms. The Hall–Kier alpha value is -4.09. The second-order valence-electron chi connectivity index (χ2n) is 9.42. The Labute approximate surface area is 215 Å². The van der Waals surface area contributed by atoms with E-state index in [1.165, 1.54) is 19.3 Å². The van der Waals surface area contributed by atoms with E-state index >= 15 is 0 Å². The zero-order valence-electron chi connectivity index (χ0n) is 20.8. The molecule has 1 fully saturated rings. The Kier molecular flexibility index (Phi) is 6.37. The molecule has 188 valence electrons. The second kappa shape index (κ2) is 10.1. The fraction of sp³-hybridized carbons (Fsp3) is 0.345. The molecule has 4 heterocycles. The van der Waals surface area contributed by atoms with Gasteiger partial charge in [0.2, 0.25) is 5.89 Å². The Bertz CT molecular complexity index is 1480. The van der Waals surface area contributed by atoms with Gasteiger partial charge in [-0.05, 0) is 73.8 Å². The van der Waals surface area contributed by atoms with Crippen LogP contribution in [0.25, 0.3) is 33.8 Å². The van der Waals surface area contributed by atoms with E-state index in [0.717, 1.165) is 58.9 Å². The summed E-state index contributed by atoms with van der Waals surface area (Å²) >= 11 is 0. The molecule has 37 heavy (non-hydrogen) atoms. The van der Waals surface area contributed by atoms with Gasteiger partial charge >= 0.3 is 0 Å². The Morgan fingerprint density at radius 2 is 1.86 bits per heavy atom. The summed E-state index contributed by atoms with van der Waals surface area (Å²) in [5.74, 6) is 2.62. The lowest BCUT2D eigenvalue weighted by atomic mass is 9.99. The van der Waals surface area contributed by atoms with Crippen LogP contribution < -0.4 is 14.2 Å². The molecule has 2 aliphatic rings. The van der Waals surface area contributed by atoms with E-state index in [1.807, 2.05) is 43.3 Å². The van der Waals surface area contributed by atoms with Gasteiger partial charge in [-0.15, -0.1) is 0 Å². The molecule has 0 radical (unpaired) electrons. The van der Waals surface area contributed by atoms with Crippen LogP contribution in [0.5, 0.6) is 17.2 Å². The first-order chi connectivity index (χ1) is 18.2. The average molecular weight is 497 g/mol. The summed E-state index contributed by atoms with van der Waals surface area (Å²) in [6.45, 7) is 6.00. The number of benzene rings is 2. The number of hydrogen-bond donors (Lipinski definition) is 0. The van der Waals surface area contributed by atoms with Crippen LogP contribution in [0, 0.1) is 18.3 Å². The van der Waals surface area contributed by atoms with Crippen LogP contribution >= 0.6 is 0 Å². The molecule has 0 aliphatic carbocycles. The predicted molar refractivity (Wildman–Crippen MR) is 139 cm³/mol. The van der Waals surface area contributed by atoms with E-state index in [-0.39, 0.29) is 6.61 Å². The van der Waals surface area contributed by atoms with Crippen LogP contribution in [0.1, 0.15) is 30.4 Å². The topological polar surface area (TPSA) is 93.6 Å². The van der Waals surface area contributed by atoms with E-state index < -0.39 is 0 Å². The molecule has 0 bridgehead atoms. The quantitative estimate of drug-likeness (QED) is 0.344. The standard InChI is InChI=1S/C29H28N4O4/c1-19-22(20-5-6-24-27(16-20)36-14-13-35-24)7-9-31-28(19)29-32-23-15-21(18-33-10-3-2-4-11-33)25(34-12-8-30)17-26(23)37-29/h5-7,9,15-17H,2-4,10-14,18H2,1H3. The Balaban J connectivity index is 1.36. The van der Waals surface area contributed by atoms with Crippen LogP contribution in [0.4, 0.5) is 0 Å². The first-order valence-corrected chi connectivity index (χ1v) is 12.7. The van der Waals surface area contributed by atoms with Crippen molar-refractivity contribution in [2.24, 2.45) is 0 Å². The second-order valence-corrected chi connectivity index (χ2v) is 9.42. The van der Waals surface area contributed by atoms with E-state index in [4.69, 9.17) is 28.9 Å². The maximum Gasteiger partial charge on any atom is 0.246 e. The van der Waals surface area contributed by atoms with Gasteiger partial charge in [-0.1, -0.05) is 12.5 Å². The molecule has 0 saturated carbocycles. The normalized spacial score (nSPS) is 15.5. The predicted octanol–water partition coefficient (Wildman–Crippen LogP) is 5.52. The summed E-state index contributed by atoms with van der Waals surface area (Å²) in [6.07, 6.45) is 5.45. The van der Waals surface area contributed by atoms with E-state index in [2.05, 4.69) is 16.0 Å². The van der Waals surface area contributed by atoms with E-state index in [1.54, 1.807) is 6.20 Å². The molecule has 6 rings (SSSR count). The number of nitriles is 1. The molecule has 2 aliphatic heterocycles. The van der Waals surface area contributed by atoms with Gasteiger partial charge in [-0.3, -0.25) is 9.88 Å². The van der Waals surface area contributed by atoms with Gasteiger partial charge in [-0.2, -0.15) is 5.26 Å². The van der Waals surface area contributed by atoms with Crippen LogP contribution in [0.15, 0.2) is 47.0 Å². The molecule has 2 aromatic carbocycles. The number of rotatable bonds is 6. The van der Waals surface area contributed by atoms with Crippen LogP contribution in [-0.2, 0) is 6.54 Å². The zero-order valence-corrected chi connectivity index (χ0v) is 20.8. The summed E-state index contributed by atoms with van der Waals surface area (Å²) in [5.41, 5.74) is 6.04. The minimum Gasteiger partial charge on any atom is -0.486 e. The van der Waals surface area contributed by atoms with Crippen LogP contribution in [-0.4, -0.2) is 47.8 Å². The monoisotopic (exact) mass is 496 g/mol. The van der Waals surface area contributed by atoms with Crippen LogP contribution in [0.2, 0.25) is 0 Å². The zero-order chi connectivity index (χ0) is 25.2. The highest BCUT2D eigenvalue weighted by atomic mass is 16.6. The van der Waals surface area contributed by atoms with Gasteiger partial charge in [0, 0.05) is 24.4 Å². The fourth-order valence-corrected chi connectivity index (χ4v) is 5.10. The first-order valence-electron chi connectivity index (χ1n) is 12.7. The molecule has 0 unspecified atom stereocenters. The van der Waals surface area contributed by atoms with Gasteiger partial charge < -0.3 is 18.6 Å². The molecule has 4 aromatic rings. The lowest BCUT2D eigenvalue weighted by Crippen LogP contribution is -2.29. The van der Waals surface area contributed by atoms with Gasteiger partial charge in [0.25, 0.3) is 0 Å². The maximum absolute atomic E-state index is 9.08. The van der Waals surface area contributed by atoms with Crippen molar-refractivity contribution in [3.63, 3.8) is 0 Å². The van der Waals surface area contributed by atoms with Crippen molar-refractivity contribution in [3.8, 4) is 46.0 Å². The summed E-state index contributed by atoms with van der Waals surface area (Å²) in [6, 6.07) is 13.9. The maximum atomic E-state index is 9.08. The molecule has 0 amide bonds. The molecular formula is C29H28N4O4. The highest BCUT2D eigenvalue weighted by Crippen LogP contribution is 2.38. The minimum absolute atomic E-state index is 0.0161. The van der Waals surface area contributed by atoms with Gasteiger partial charge in [0.1, 0.15) is 36.2 Å². The van der Waals surface area contributed by atoms with Crippen LogP contribution in [0.3, 0.4) is 0 Å². The number of hydrogen-bond acceptors (Lipinski definition) is 8. The number of ether oxygens (including phenoxy) is 3. The Morgan fingerprint density at radius 3 is 2.70 bits per heavy atom. The van der Waals surface area contributed by atoms with E-state index in [9.17, 15) is 0 Å². The number of oxazole rings is 1. The highest BCUT2D eigenvalue weighted by molar-refractivity contribution is 5.81. The highest BCUT2D eigenvalue weighted by Gasteiger charge is 2.20. The van der Waals surface area contributed by atoms with Crippen molar-refractivity contribution < 1.29 is 18.6 Å². The summed E-state index contributed by atoms with van der Waals surface area (Å²) < 4.78 is 23.4. The molecular weight excluding hydrogens is 468 g/mol. The van der Waals surface area contributed by atoms with Gasteiger partial charge in [0.05, 0.1) is 0 Å². The van der Waals surface area contributed by atoms with E-state index in [0.29, 0.717) is 36.1 Å². The third kappa shape index (κ3) is 4.70. The summed E-state index contributed by atoms with van der Waals surface area (Å²) in [4.78, 5) is 11.8. The molecule has 8 heteroatoms. The molecule has 2 aromatic heterocycles. The van der Waals surface area contributed by atoms with Gasteiger partial charge in [0.15, 0.2) is 23.7 Å². The average Bonchev–Trinajstić information content (AvgIpc) is 3.34.